The topological polar surface area (TPSA) is 130 Å². The molecular weight excluding hydrogens is 456 g/mol. The van der Waals surface area contributed by atoms with E-state index in [0.29, 0.717) is 23.2 Å². The van der Waals surface area contributed by atoms with Gasteiger partial charge in [0.05, 0.1) is 6.10 Å². The number of nitrogens with zero attached hydrogens (tertiary/aromatic N) is 2. The van der Waals surface area contributed by atoms with Gasteiger partial charge >= 0.3 is 6.03 Å². The first-order chi connectivity index (χ1) is 15.8. The van der Waals surface area contributed by atoms with E-state index in [0.717, 1.165) is 24.6 Å². The van der Waals surface area contributed by atoms with Crippen LogP contribution in [0.25, 0.3) is 0 Å². The molecule has 1 aromatic heterocycles. The van der Waals surface area contributed by atoms with Crippen LogP contribution >= 0.6 is 11.5 Å². The Kier molecular flexibility index (Phi) is 10.4. The Labute approximate surface area is 195 Å². The molecule has 0 saturated carbocycles. The third kappa shape index (κ3) is 7.62. The quantitative estimate of drug-likeness (QED) is 0.345. The van der Waals surface area contributed by atoms with E-state index >= 15 is 0 Å². The number of nitrogens with two attached hydrogens (primary N) is 1. The predicted octanol–water partition coefficient (Wildman–Crippen LogP) is 2.58. The summed E-state index contributed by atoms with van der Waals surface area (Å²) in [7, 11) is 0. The molecule has 2 aromatic rings. The first kappa shape index (κ1) is 26.4. The summed E-state index contributed by atoms with van der Waals surface area (Å²) in [5, 5.41) is 15.1. The van der Waals surface area contributed by atoms with E-state index < -0.39 is 31.4 Å². The number of nitrogens with one attached hydrogen (secondary N) is 2. The fourth-order valence-corrected chi connectivity index (χ4v) is 3.79. The predicted molar refractivity (Wildman–Crippen MR) is 122 cm³/mol. The molecule has 0 aliphatic heterocycles. The van der Waals surface area contributed by atoms with Crippen molar-refractivity contribution >= 4 is 28.5 Å². The summed E-state index contributed by atoms with van der Waals surface area (Å²) < 4.78 is 35.7. The molecule has 1 atom stereocenters. The standard InChI is InChI=1S/C21H29F2N5O4S/c1-3-28(4-2)11-16(29)10-25-21(31)26-20-17(18(24)30)19(27-33-20)32-12-15-7-13(8-22)5-6-14(15)9-23/h5-7,16,29H,3-4,8-12H2,1-2H3,(H2,24,30)(H2,25,26,31). The molecule has 0 spiro atoms. The van der Waals surface area contributed by atoms with E-state index in [4.69, 9.17) is 10.5 Å². The highest BCUT2D eigenvalue weighted by molar-refractivity contribution is 7.11. The molecule has 1 heterocycles. The van der Waals surface area contributed by atoms with Gasteiger partial charge in [0.15, 0.2) is 0 Å². The second-order valence-electron chi connectivity index (χ2n) is 7.19. The molecule has 0 aliphatic carbocycles. The zero-order valence-corrected chi connectivity index (χ0v) is 19.4. The summed E-state index contributed by atoms with van der Waals surface area (Å²) >= 11 is 0.785. The van der Waals surface area contributed by atoms with Crippen molar-refractivity contribution in [3.05, 3.63) is 40.5 Å². The number of urea groups is 1. The Morgan fingerprint density at radius 3 is 2.58 bits per heavy atom. The van der Waals surface area contributed by atoms with Gasteiger partial charge in [-0.05, 0) is 47.4 Å². The van der Waals surface area contributed by atoms with Crippen molar-refractivity contribution in [3.63, 3.8) is 0 Å². The first-order valence-electron chi connectivity index (χ1n) is 10.4. The van der Waals surface area contributed by atoms with Crippen LogP contribution in [0.15, 0.2) is 18.2 Å². The molecule has 0 bridgehead atoms. The number of rotatable bonds is 13. The molecule has 0 aliphatic rings. The number of likely N-dealkylation sites (N-methyl/N-ethyl adjacent to an activating group) is 1. The molecule has 2 rings (SSSR count). The summed E-state index contributed by atoms with van der Waals surface area (Å²) in [6.45, 7) is 4.26. The van der Waals surface area contributed by atoms with E-state index in [1.165, 1.54) is 18.2 Å². The van der Waals surface area contributed by atoms with Gasteiger partial charge in [-0.25, -0.2) is 13.6 Å². The van der Waals surface area contributed by atoms with Crippen molar-refractivity contribution in [1.82, 2.24) is 14.6 Å². The monoisotopic (exact) mass is 485 g/mol. The first-order valence-corrected chi connectivity index (χ1v) is 11.2. The van der Waals surface area contributed by atoms with Crippen LogP contribution in [0.1, 0.15) is 40.9 Å². The normalized spacial score (nSPS) is 11.9. The van der Waals surface area contributed by atoms with Gasteiger partial charge in [0, 0.05) is 13.1 Å². The lowest BCUT2D eigenvalue weighted by molar-refractivity contribution is 0.0996. The maximum Gasteiger partial charge on any atom is 0.320 e. The van der Waals surface area contributed by atoms with Crippen LogP contribution in [0.4, 0.5) is 18.6 Å². The maximum absolute atomic E-state index is 13.2. The highest BCUT2D eigenvalue weighted by atomic mass is 32.1. The molecule has 12 heteroatoms. The van der Waals surface area contributed by atoms with Crippen molar-refractivity contribution in [1.29, 1.82) is 0 Å². The van der Waals surface area contributed by atoms with Gasteiger partial charge in [-0.15, -0.1) is 0 Å². The van der Waals surface area contributed by atoms with Crippen LogP contribution in [0.3, 0.4) is 0 Å². The van der Waals surface area contributed by atoms with Gasteiger partial charge in [-0.2, -0.15) is 4.37 Å². The minimum absolute atomic E-state index is 0.00726. The van der Waals surface area contributed by atoms with Crippen molar-refractivity contribution in [2.45, 2.75) is 39.9 Å². The number of carbonyl (C=O) groups is 2. The van der Waals surface area contributed by atoms with Gasteiger partial charge in [-0.1, -0.05) is 26.0 Å². The van der Waals surface area contributed by atoms with E-state index in [2.05, 4.69) is 15.0 Å². The molecule has 0 saturated heterocycles. The van der Waals surface area contributed by atoms with Gasteiger partial charge < -0.3 is 25.8 Å². The van der Waals surface area contributed by atoms with Crippen LogP contribution in [-0.2, 0) is 20.0 Å². The Hall–Kier alpha value is -2.83. The molecule has 1 unspecified atom stereocenters. The Bertz CT molecular complexity index is 939. The number of aliphatic hydroxyl groups excluding tert-OH is 1. The third-order valence-corrected chi connectivity index (χ3v) is 5.68. The number of alkyl halides is 2. The number of aliphatic hydroxyl groups is 1. The summed E-state index contributed by atoms with van der Waals surface area (Å²) in [5.74, 6) is -1.00. The van der Waals surface area contributed by atoms with Gasteiger partial charge in [0.2, 0.25) is 5.88 Å². The van der Waals surface area contributed by atoms with Gasteiger partial charge in [-0.3, -0.25) is 10.1 Å². The minimum atomic E-state index is -0.876. The molecule has 1 aromatic carbocycles. The summed E-state index contributed by atoms with van der Waals surface area (Å²) in [6.07, 6.45) is -0.767. The summed E-state index contributed by atoms with van der Waals surface area (Å²) in [5.41, 5.74) is 6.39. The largest absolute Gasteiger partial charge is 0.472 e. The zero-order chi connectivity index (χ0) is 24.4. The molecular formula is C21H29F2N5O4S. The number of aromatic nitrogens is 1. The van der Waals surface area contributed by atoms with E-state index in [1.807, 2.05) is 18.7 Å². The Morgan fingerprint density at radius 1 is 1.24 bits per heavy atom. The number of amides is 3. The lowest BCUT2D eigenvalue weighted by Crippen LogP contribution is -2.41. The van der Waals surface area contributed by atoms with Crippen LogP contribution in [0, 0.1) is 0 Å². The van der Waals surface area contributed by atoms with Crippen molar-refractivity contribution in [3.8, 4) is 5.88 Å². The van der Waals surface area contributed by atoms with E-state index in [9.17, 15) is 23.5 Å². The average Bonchev–Trinajstić information content (AvgIpc) is 3.21. The smallest absolute Gasteiger partial charge is 0.320 e. The lowest BCUT2D eigenvalue weighted by atomic mass is 10.1. The molecule has 0 fully saturated rings. The second-order valence-corrected chi connectivity index (χ2v) is 7.96. The maximum atomic E-state index is 13.2. The fourth-order valence-electron chi connectivity index (χ4n) is 3.05. The number of carbonyl (C=O) groups excluding carboxylic acids is 2. The van der Waals surface area contributed by atoms with E-state index in [-0.39, 0.29) is 29.6 Å². The molecule has 33 heavy (non-hydrogen) atoms. The SMILES string of the molecule is CCN(CC)CC(O)CNC(=O)Nc1snc(OCc2cc(CF)ccc2CF)c1C(N)=O. The van der Waals surface area contributed by atoms with Crippen LogP contribution in [0.5, 0.6) is 5.88 Å². The number of primary amides is 1. The van der Waals surface area contributed by atoms with Crippen molar-refractivity contribution < 1.29 is 28.2 Å². The fraction of sp³-hybridized carbons (Fsp3) is 0.476. The molecule has 182 valence electrons. The van der Waals surface area contributed by atoms with E-state index in [1.54, 1.807) is 0 Å². The second kappa shape index (κ2) is 13.0. The average molecular weight is 486 g/mol. The van der Waals surface area contributed by atoms with Crippen LogP contribution < -0.4 is 21.1 Å². The Morgan fingerprint density at radius 2 is 1.97 bits per heavy atom. The molecule has 3 amide bonds. The lowest BCUT2D eigenvalue weighted by Gasteiger charge is -2.22. The number of halogens is 2. The molecule has 0 radical (unpaired) electrons. The zero-order valence-electron chi connectivity index (χ0n) is 18.6. The van der Waals surface area contributed by atoms with Crippen LogP contribution in [0.2, 0.25) is 0 Å². The minimum Gasteiger partial charge on any atom is -0.472 e. The molecule has 5 N–H and O–H groups in total. The highest BCUT2D eigenvalue weighted by Gasteiger charge is 2.22. The Balaban J connectivity index is 2.03. The number of benzene rings is 1. The van der Waals surface area contributed by atoms with Crippen LogP contribution in [-0.4, -0.2) is 58.6 Å². The van der Waals surface area contributed by atoms with Crippen molar-refractivity contribution in [2.75, 3.05) is 31.5 Å². The molecule has 9 nitrogen and oxygen atoms in total. The van der Waals surface area contributed by atoms with Gasteiger partial charge in [0.25, 0.3) is 5.91 Å². The number of anilines is 1. The van der Waals surface area contributed by atoms with Gasteiger partial charge in [0.1, 0.15) is 30.5 Å². The van der Waals surface area contributed by atoms with Crippen molar-refractivity contribution in [2.24, 2.45) is 5.73 Å². The summed E-state index contributed by atoms with van der Waals surface area (Å²) in [6, 6.07) is 3.77. The number of hydrogen-bond acceptors (Lipinski definition) is 7. The summed E-state index contributed by atoms with van der Waals surface area (Å²) in [4.78, 5) is 26.2. The highest BCUT2D eigenvalue weighted by Crippen LogP contribution is 2.31. The number of ether oxygens (including phenoxy) is 1. The third-order valence-electron chi connectivity index (χ3n) is 4.93. The number of hydrogen-bond donors (Lipinski definition) is 4.